The average molecular weight is 267 g/mol. The van der Waals surface area contributed by atoms with Crippen LogP contribution in [0.1, 0.15) is 23.7 Å². The molecule has 1 unspecified atom stereocenters. The molecule has 0 amide bonds. The van der Waals surface area contributed by atoms with E-state index in [2.05, 4.69) is 0 Å². The van der Waals surface area contributed by atoms with Crippen LogP contribution in [0.4, 0.5) is 0 Å². The van der Waals surface area contributed by atoms with Gasteiger partial charge in [0.05, 0.1) is 21.3 Å². The van der Waals surface area contributed by atoms with Crippen molar-refractivity contribution in [3.63, 3.8) is 0 Å². The number of hydrogen-bond donors (Lipinski definition) is 1. The summed E-state index contributed by atoms with van der Waals surface area (Å²) in [5, 5.41) is 0. The number of nitrogens with two attached hydrogens (primary N) is 1. The lowest BCUT2D eigenvalue weighted by Gasteiger charge is -2.15. The Labute approximate surface area is 113 Å². The van der Waals surface area contributed by atoms with Crippen LogP contribution in [0.3, 0.4) is 0 Å². The molecule has 106 valence electrons. The van der Waals surface area contributed by atoms with Gasteiger partial charge in [-0.1, -0.05) is 6.92 Å². The Hall–Kier alpha value is -1.75. The van der Waals surface area contributed by atoms with Gasteiger partial charge in [-0.05, 0) is 25.1 Å². The van der Waals surface area contributed by atoms with Crippen LogP contribution in [0.5, 0.6) is 17.2 Å². The summed E-state index contributed by atoms with van der Waals surface area (Å²) in [5.41, 5.74) is 6.02. The van der Waals surface area contributed by atoms with Crippen molar-refractivity contribution in [3.8, 4) is 17.2 Å². The number of hydrogen-bond acceptors (Lipinski definition) is 5. The van der Waals surface area contributed by atoms with E-state index in [1.807, 2.05) is 6.92 Å². The van der Waals surface area contributed by atoms with Gasteiger partial charge in [0.2, 0.25) is 5.75 Å². The maximum absolute atomic E-state index is 12.3. The second-order valence-corrected chi connectivity index (χ2v) is 4.26. The lowest BCUT2D eigenvalue weighted by molar-refractivity contribution is 0.0924. The van der Waals surface area contributed by atoms with Gasteiger partial charge in [-0.2, -0.15) is 0 Å². The van der Waals surface area contributed by atoms with Crippen molar-refractivity contribution in [2.24, 2.45) is 11.7 Å². The van der Waals surface area contributed by atoms with Crippen molar-refractivity contribution >= 4 is 5.78 Å². The van der Waals surface area contributed by atoms with Crippen LogP contribution in [-0.2, 0) is 0 Å². The van der Waals surface area contributed by atoms with Crippen molar-refractivity contribution in [2.45, 2.75) is 13.3 Å². The molecule has 0 bridgehead atoms. The first-order chi connectivity index (χ1) is 9.08. The molecule has 0 aliphatic heterocycles. The predicted molar refractivity (Wildman–Crippen MR) is 73.3 cm³/mol. The Morgan fingerprint density at radius 1 is 1.16 bits per heavy atom. The molecule has 0 spiro atoms. The molecule has 0 aliphatic rings. The Morgan fingerprint density at radius 2 is 1.68 bits per heavy atom. The second-order valence-electron chi connectivity index (χ2n) is 4.26. The van der Waals surface area contributed by atoms with E-state index >= 15 is 0 Å². The normalized spacial score (nSPS) is 11.8. The van der Waals surface area contributed by atoms with Gasteiger partial charge < -0.3 is 19.9 Å². The number of carbonyl (C=O) groups excluding carboxylic acids is 1. The number of benzene rings is 1. The molecule has 0 aromatic heterocycles. The van der Waals surface area contributed by atoms with Crippen LogP contribution in [0.15, 0.2) is 12.1 Å². The summed E-state index contributed by atoms with van der Waals surface area (Å²) in [4.78, 5) is 12.3. The molecule has 0 fully saturated rings. The average Bonchev–Trinajstić information content (AvgIpc) is 2.44. The Balaban J connectivity index is 3.19. The van der Waals surface area contributed by atoms with E-state index in [1.165, 1.54) is 21.3 Å². The van der Waals surface area contributed by atoms with Gasteiger partial charge in [-0.3, -0.25) is 4.79 Å². The van der Waals surface area contributed by atoms with E-state index in [1.54, 1.807) is 12.1 Å². The molecule has 1 rings (SSSR count). The van der Waals surface area contributed by atoms with E-state index in [4.69, 9.17) is 19.9 Å². The van der Waals surface area contributed by atoms with Crippen LogP contribution in [-0.4, -0.2) is 33.7 Å². The van der Waals surface area contributed by atoms with E-state index in [9.17, 15) is 4.79 Å². The highest BCUT2D eigenvalue weighted by molar-refractivity contribution is 5.98. The molecular formula is C14H21NO4. The number of Topliss-reactive ketones (excluding diaryl/α,β-unsaturated/α-hetero) is 1. The lowest BCUT2D eigenvalue weighted by Crippen LogP contribution is -2.16. The van der Waals surface area contributed by atoms with Gasteiger partial charge in [0.25, 0.3) is 0 Å². The van der Waals surface area contributed by atoms with E-state index in [-0.39, 0.29) is 11.7 Å². The summed E-state index contributed by atoms with van der Waals surface area (Å²) in [6, 6.07) is 3.33. The van der Waals surface area contributed by atoms with Crippen molar-refractivity contribution in [2.75, 3.05) is 27.9 Å². The van der Waals surface area contributed by atoms with Gasteiger partial charge in [-0.15, -0.1) is 0 Å². The molecule has 0 saturated heterocycles. The smallest absolute Gasteiger partial charge is 0.203 e. The largest absolute Gasteiger partial charge is 0.493 e. The van der Waals surface area contributed by atoms with Gasteiger partial charge in [-0.25, -0.2) is 0 Å². The zero-order valence-corrected chi connectivity index (χ0v) is 11.9. The van der Waals surface area contributed by atoms with E-state index < -0.39 is 0 Å². The predicted octanol–water partition coefficient (Wildman–Crippen LogP) is 1.88. The molecule has 1 aromatic rings. The topological polar surface area (TPSA) is 70.8 Å². The maximum Gasteiger partial charge on any atom is 0.203 e. The molecule has 2 N–H and O–H groups in total. The Morgan fingerprint density at radius 3 is 2.05 bits per heavy atom. The molecule has 0 heterocycles. The maximum atomic E-state index is 12.3. The highest BCUT2D eigenvalue weighted by Gasteiger charge is 2.20. The summed E-state index contributed by atoms with van der Waals surface area (Å²) >= 11 is 0. The first-order valence-electron chi connectivity index (χ1n) is 6.13. The number of rotatable bonds is 7. The van der Waals surface area contributed by atoms with Crippen molar-refractivity contribution in [1.29, 1.82) is 0 Å². The van der Waals surface area contributed by atoms with Crippen molar-refractivity contribution < 1.29 is 19.0 Å². The van der Waals surface area contributed by atoms with Crippen molar-refractivity contribution in [1.82, 2.24) is 0 Å². The zero-order valence-electron chi connectivity index (χ0n) is 11.9. The molecule has 0 radical (unpaired) electrons. The zero-order chi connectivity index (χ0) is 14.4. The molecule has 0 saturated carbocycles. The summed E-state index contributed by atoms with van der Waals surface area (Å²) < 4.78 is 15.7. The Bertz CT molecular complexity index is 420. The lowest BCUT2D eigenvalue weighted by atomic mass is 9.96. The number of ketones is 1. The number of methoxy groups -OCH3 is 3. The Kier molecular flexibility index (Phi) is 5.63. The number of ether oxygens (including phenoxy) is 3. The molecule has 5 nitrogen and oxygen atoms in total. The summed E-state index contributed by atoms with van der Waals surface area (Å²) in [5.74, 6) is 1.32. The fourth-order valence-corrected chi connectivity index (χ4v) is 1.89. The molecule has 1 aromatic carbocycles. The fraction of sp³-hybridized carbons (Fsp3) is 0.500. The van der Waals surface area contributed by atoms with Gasteiger partial charge in [0.15, 0.2) is 17.3 Å². The minimum absolute atomic E-state index is 0.0182. The van der Waals surface area contributed by atoms with Gasteiger partial charge in [0.1, 0.15) is 0 Å². The molecule has 5 heteroatoms. The third-order valence-corrected chi connectivity index (χ3v) is 3.00. The van der Waals surface area contributed by atoms with Gasteiger partial charge >= 0.3 is 0 Å². The standard InChI is InChI=1S/C14H21NO4/c1-9(5-6-15)13(16)10-7-11(17-2)14(19-4)12(8-10)18-3/h7-9H,5-6,15H2,1-4H3. The molecule has 19 heavy (non-hydrogen) atoms. The highest BCUT2D eigenvalue weighted by Crippen LogP contribution is 2.38. The quantitative estimate of drug-likeness (QED) is 0.764. The van der Waals surface area contributed by atoms with E-state index in [0.717, 1.165) is 0 Å². The highest BCUT2D eigenvalue weighted by atomic mass is 16.5. The monoisotopic (exact) mass is 267 g/mol. The SMILES string of the molecule is COc1cc(C(=O)C(C)CCN)cc(OC)c1OC. The summed E-state index contributed by atoms with van der Waals surface area (Å²) in [6.07, 6.45) is 0.648. The number of carbonyl (C=O) groups is 1. The molecular weight excluding hydrogens is 246 g/mol. The third kappa shape index (κ3) is 3.38. The fourth-order valence-electron chi connectivity index (χ4n) is 1.89. The van der Waals surface area contributed by atoms with Crippen LogP contribution in [0, 0.1) is 5.92 Å². The van der Waals surface area contributed by atoms with Crippen LogP contribution in [0.2, 0.25) is 0 Å². The van der Waals surface area contributed by atoms with Crippen LogP contribution in [0.25, 0.3) is 0 Å². The second kappa shape index (κ2) is 6.99. The summed E-state index contributed by atoms with van der Waals surface area (Å²) in [7, 11) is 4.57. The minimum Gasteiger partial charge on any atom is -0.493 e. The first kappa shape index (κ1) is 15.3. The van der Waals surface area contributed by atoms with Crippen LogP contribution >= 0.6 is 0 Å². The van der Waals surface area contributed by atoms with Crippen molar-refractivity contribution in [3.05, 3.63) is 17.7 Å². The first-order valence-corrected chi connectivity index (χ1v) is 6.13. The molecule has 1 atom stereocenters. The molecule has 0 aliphatic carbocycles. The third-order valence-electron chi connectivity index (χ3n) is 3.00. The van der Waals surface area contributed by atoms with Gasteiger partial charge in [0, 0.05) is 11.5 Å². The minimum atomic E-state index is -0.132. The van der Waals surface area contributed by atoms with Crippen LogP contribution < -0.4 is 19.9 Å². The summed E-state index contributed by atoms with van der Waals surface area (Å²) in [6.45, 7) is 2.34. The van der Waals surface area contributed by atoms with E-state index in [0.29, 0.717) is 35.8 Å².